The molecule has 2 N–H and O–H groups in total. The molecular weight excluding hydrogens is 503 g/mol. The Morgan fingerprint density at radius 1 is 1.06 bits per heavy atom. The van der Waals surface area contributed by atoms with Crippen LogP contribution in [0.25, 0.3) is 16.6 Å². The highest BCUT2D eigenvalue weighted by Crippen LogP contribution is 2.22. The maximum Gasteiger partial charge on any atom is 0.191 e. The number of nitrogens with one attached hydrogen (secondary N) is 2. The van der Waals surface area contributed by atoms with Gasteiger partial charge in [-0.1, -0.05) is 24.3 Å². The zero-order valence-electron chi connectivity index (χ0n) is 17.9. The summed E-state index contributed by atoms with van der Waals surface area (Å²) in [6.45, 7) is 3.89. The molecule has 0 radical (unpaired) electrons. The van der Waals surface area contributed by atoms with Crippen molar-refractivity contribution < 1.29 is 0 Å². The number of aliphatic imine (C=N–C) groups is 1. The number of fused-ring (bicyclic) bond motifs is 2. The molecule has 4 aromatic rings. The Labute approximate surface area is 198 Å². The van der Waals surface area contributed by atoms with Gasteiger partial charge < -0.3 is 15.5 Å². The van der Waals surface area contributed by atoms with Gasteiger partial charge in [0.1, 0.15) is 5.82 Å². The summed E-state index contributed by atoms with van der Waals surface area (Å²) in [6, 6.07) is 16.1. The third-order valence-electron chi connectivity index (χ3n) is 4.80. The van der Waals surface area contributed by atoms with Gasteiger partial charge in [-0.05, 0) is 36.8 Å². The van der Waals surface area contributed by atoms with E-state index < -0.39 is 0 Å². The number of aromatic nitrogens is 4. The van der Waals surface area contributed by atoms with Gasteiger partial charge in [-0.2, -0.15) is 0 Å². The highest BCUT2D eigenvalue weighted by atomic mass is 127. The Morgan fingerprint density at radius 2 is 1.87 bits per heavy atom. The van der Waals surface area contributed by atoms with Crippen molar-refractivity contribution >= 4 is 52.3 Å². The Kier molecular flexibility index (Phi) is 7.61. The SMILES string of the molecule is CCNC(=NCc1cc(N(C)C)nc2ccccc12)NCc1nnc2ccccn12.I. The average Bonchev–Trinajstić information content (AvgIpc) is 3.18. The van der Waals surface area contributed by atoms with Gasteiger partial charge in [0.15, 0.2) is 17.4 Å². The molecule has 0 fully saturated rings. The standard InChI is InChI=1S/C22H26N8.HI/c1-4-23-22(25-15-21-28-27-19-11-7-8-12-30(19)21)24-14-16-13-20(29(2)3)26-18-10-6-5-9-17(16)18;/h5-13H,4,14-15H2,1-3H3,(H2,23,24,25);1H. The normalized spacial score (nSPS) is 11.4. The van der Waals surface area contributed by atoms with E-state index >= 15 is 0 Å². The van der Waals surface area contributed by atoms with Crippen molar-refractivity contribution in [1.29, 1.82) is 0 Å². The molecule has 0 saturated heterocycles. The smallest absolute Gasteiger partial charge is 0.191 e. The fourth-order valence-electron chi connectivity index (χ4n) is 3.27. The molecule has 4 rings (SSSR count). The number of anilines is 1. The van der Waals surface area contributed by atoms with Crippen molar-refractivity contribution in [3.05, 3.63) is 66.1 Å². The zero-order valence-corrected chi connectivity index (χ0v) is 20.2. The molecule has 3 aromatic heterocycles. The van der Waals surface area contributed by atoms with Crippen LogP contribution in [0.15, 0.2) is 59.7 Å². The monoisotopic (exact) mass is 530 g/mol. The van der Waals surface area contributed by atoms with Gasteiger partial charge in [-0.25, -0.2) is 9.98 Å². The molecular formula is C22H27IN8. The first-order chi connectivity index (χ1) is 14.7. The van der Waals surface area contributed by atoms with Crippen molar-refractivity contribution in [2.24, 2.45) is 4.99 Å². The molecule has 3 heterocycles. The largest absolute Gasteiger partial charge is 0.363 e. The summed E-state index contributed by atoms with van der Waals surface area (Å²) in [7, 11) is 4.00. The maximum absolute atomic E-state index is 4.80. The number of hydrogen-bond acceptors (Lipinski definition) is 5. The summed E-state index contributed by atoms with van der Waals surface area (Å²) < 4.78 is 1.97. The predicted octanol–water partition coefficient (Wildman–Crippen LogP) is 3.22. The molecule has 0 saturated carbocycles. The number of hydrogen-bond donors (Lipinski definition) is 2. The van der Waals surface area contributed by atoms with Crippen LogP contribution < -0.4 is 15.5 Å². The van der Waals surface area contributed by atoms with Crippen molar-refractivity contribution in [2.45, 2.75) is 20.0 Å². The lowest BCUT2D eigenvalue weighted by Gasteiger charge is -2.15. The Bertz CT molecular complexity index is 1180. The molecule has 0 bridgehead atoms. The quantitative estimate of drug-likeness (QED) is 0.227. The Hall–Kier alpha value is -2.95. The van der Waals surface area contributed by atoms with Crippen LogP contribution in [0.5, 0.6) is 0 Å². The zero-order chi connectivity index (χ0) is 20.9. The van der Waals surface area contributed by atoms with Crippen molar-refractivity contribution in [3.63, 3.8) is 0 Å². The van der Waals surface area contributed by atoms with Crippen molar-refractivity contribution in [2.75, 3.05) is 25.5 Å². The molecule has 8 nitrogen and oxygen atoms in total. The summed E-state index contributed by atoms with van der Waals surface area (Å²) in [5.41, 5.74) is 2.94. The fraction of sp³-hybridized carbons (Fsp3) is 0.273. The van der Waals surface area contributed by atoms with Crippen LogP contribution in [0, 0.1) is 0 Å². The first-order valence-corrected chi connectivity index (χ1v) is 10.0. The van der Waals surface area contributed by atoms with Crippen LogP contribution in [0.1, 0.15) is 18.3 Å². The second kappa shape index (κ2) is 10.4. The third kappa shape index (κ3) is 5.22. The van der Waals surface area contributed by atoms with Crippen LogP contribution in [0.2, 0.25) is 0 Å². The molecule has 0 aliphatic carbocycles. The summed E-state index contributed by atoms with van der Waals surface area (Å²) >= 11 is 0. The molecule has 1 aromatic carbocycles. The van der Waals surface area contributed by atoms with E-state index in [1.165, 1.54) is 0 Å². The van der Waals surface area contributed by atoms with Crippen molar-refractivity contribution in [3.8, 4) is 0 Å². The number of guanidine groups is 1. The first-order valence-electron chi connectivity index (χ1n) is 10.0. The van der Waals surface area contributed by atoms with E-state index in [-0.39, 0.29) is 24.0 Å². The highest BCUT2D eigenvalue weighted by molar-refractivity contribution is 14.0. The minimum Gasteiger partial charge on any atom is -0.363 e. The lowest BCUT2D eigenvalue weighted by Crippen LogP contribution is -2.37. The number of nitrogens with zero attached hydrogens (tertiary/aromatic N) is 6. The molecule has 0 spiro atoms. The van der Waals surface area contributed by atoms with Gasteiger partial charge in [0.2, 0.25) is 0 Å². The molecule has 31 heavy (non-hydrogen) atoms. The summed E-state index contributed by atoms with van der Waals surface area (Å²) in [4.78, 5) is 11.5. The van der Waals surface area contributed by atoms with Gasteiger partial charge in [-0.15, -0.1) is 34.2 Å². The van der Waals surface area contributed by atoms with Gasteiger partial charge in [-0.3, -0.25) is 4.40 Å². The van der Waals surface area contributed by atoms with Crippen molar-refractivity contribution in [1.82, 2.24) is 30.2 Å². The summed E-state index contributed by atoms with van der Waals surface area (Å²) in [5, 5.41) is 16.3. The lowest BCUT2D eigenvalue weighted by atomic mass is 10.1. The van der Waals surface area contributed by atoms with E-state index in [9.17, 15) is 0 Å². The number of benzene rings is 1. The highest BCUT2D eigenvalue weighted by Gasteiger charge is 2.09. The summed E-state index contributed by atoms with van der Waals surface area (Å²) in [6.07, 6.45) is 1.96. The van der Waals surface area contributed by atoms with Gasteiger partial charge in [0.25, 0.3) is 0 Å². The molecule has 0 aliphatic rings. The first kappa shape index (κ1) is 22.7. The molecule has 162 valence electrons. The van der Waals surface area contributed by atoms with E-state index in [1.807, 2.05) is 66.0 Å². The molecule has 0 atom stereocenters. The fourth-order valence-corrected chi connectivity index (χ4v) is 3.27. The number of para-hydroxylation sites is 1. The molecule has 0 aliphatic heterocycles. The molecule has 0 amide bonds. The Morgan fingerprint density at radius 3 is 2.68 bits per heavy atom. The predicted molar refractivity (Wildman–Crippen MR) is 136 cm³/mol. The van der Waals surface area contributed by atoms with Crippen LogP contribution in [-0.4, -0.2) is 46.2 Å². The second-order valence-corrected chi connectivity index (χ2v) is 7.14. The van der Waals surface area contributed by atoms with E-state index in [0.29, 0.717) is 13.1 Å². The van der Waals surface area contributed by atoms with Gasteiger partial charge in [0, 0.05) is 32.2 Å². The lowest BCUT2D eigenvalue weighted by molar-refractivity contribution is 0.765. The third-order valence-corrected chi connectivity index (χ3v) is 4.80. The number of rotatable bonds is 6. The van der Waals surface area contributed by atoms with Crippen LogP contribution in [-0.2, 0) is 13.1 Å². The second-order valence-electron chi connectivity index (χ2n) is 7.14. The van der Waals surface area contributed by atoms with Gasteiger partial charge >= 0.3 is 0 Å². The summed E-state index contributed by atoms with van der Waals surface area (Å²) in [5.74, 6) is 2.49. The van der Waals surface area contributed by atoms with Gasteiger partial charge in [0.05, 0.1) is 18.6 Å². The minimum absolute atomic E-state index is 0. The topological polar surface area (TPSA) is 82.7 Å². The van der Waals surface area contributed by atoms with E-state index in [2.05, 4.69) is 39.9 Å². The maximum atomic E-state index is 4.80. The van der Waals surface area contributed by atoms with Crippen LogP contribution in [0.4, 0.5) is 5.82 Å². The number of pyridine rings is 2. The van der Waals surface area contributed by atoms with Crippen LogP contribution >= 0.6 is 24.0 Å². The number of halogens is 1. The molecule has 0 unspecified atom stereocenters. The van der Waals surface area contributed by atoms with E-state index in [4.69, 9.17) is 9.98 Å². The Balaban J connectivity index is 0.00000272. The van der Waals surface area contributed by atoms with E-state index in [1.54, 1.807) is 0 Å². The van der Waals surface area contributed by atoms with Crippen LogP contribution in [0.3, 0.4) is 0 Å². The minimum atomic E-state index is 0. The molecule has 9 heteroatoms. The van der Waals surface area contributed by atoms with E-state index in [0.717, 1.165) is 46.3 Å². The average molecular weight is 530 g/mol.